The molecule has 1 aromatic heterocycles. The third-order valence-electron chi connectivity index (χ3n) is 4.77. The normalized spacial score (nSPS) is 29.4. The van der Waals surface area contributed by atoms with Crippen LogP contribution in [0.5, 0.6) is 0 Å². The lowest BCUT2D eigenvalue weighted by Crippen LogP contribution is -2.37. The molecule has 2 N–H and O–H groups in total. The van der Waals surface area contributed by atoms with Gasteiger partial charge in [0.05, 0.1) is 12.5 Å². The second-order valence-electron chi connectivity index (χ2n) is 6.18. The molecule has 2 aliphatic rings. The van der Waals surface area contributed by atoms with Crippen LogP contribution in [-0.4, -0.2) is 36.5 Å². The lowest BCUT2D eigenvalue weighted by atomic mass is 9.85. The Bertz CT molecular complexity index is 445. The van der Waals surface area contributed by atoms with Crippen LogP contribution < -0.4 is 5.73 Å². The van der Waals surface area contributed by atoms with Crippen molar-refractivity contribution in [3.63, 3.8) is 0 Å². The Kier molecular flexibility index (Phi) is 4.87. The van der Waals surface area contributed by atoms with Crippen molar-refractivity contribution in [3.05, 3.63) is 11.7 Å². The van der Waals surface area contributed by atoms with E-state index in [2.05, 4.69) is 10.1 Å². The maximum atomic E-state index is 6.13. The van der Waals surface area contributed by atoms with Gasteiger partial charge in [-0.25, -0.2) is 0 Å². The van der Waals surface area contributed by atoms with Crippen molar-refractivity contribution in [1.29, 1.82) is 0 Å². The first-order valence-corrected chi connectivity index (χ1v) is 7.99. The molecule has 0 bridgehead atoms. The topological polar surface area (TPSA) is 83.4 Å². The Morgan fingerprint density at radius 1 is 1.24 bits per heavy atom. The van der Waals surface area contributed by atoms with Crippen LogP contribution in [0.1, 0.15) is 62.3 Å². The Morgan fingerprint density at radius 3 is 2.76 bits per heavy atom. The fourth-order valence-corrected chi connectivity index (χ4v) is 3.47. The van der Waals surface area contributed by atoms with E-state index in [-0.39, 0.29) is 18.1 Å². The minimum atomic E-state index is -0.0662. The maximum Gasteiger partial charge on any atom is 0.233 e. The summed E-state index contributed by atoms with van der Waals surface area (Å²) in [5.41, 5.74) is 6.13. The van der Waals surface area contributed by atoms with Crippen LogP contribution in [0.4, 0.5) is 0 Å². The van der Waals surface area contributed by atoms with E-state index < -0.39 is 0 Å². The number of hydrogen-bond donors (Lipinski definition) is 1. The Morgan fingerprint density at radius 2 is 2.05 bits per heavy atom. The highest BCUT2D eigenvalue weighted by molar-refractivity contribution is 5.03. The smallest absolute Gasteiger partial charge is 0.233 e. The van der Waals surface area contributed by atoms with Gasteiger partial charge in [0.25, 0.3) is 0 Å². The maximum absolute atomic E-state index is 6.13. The lowest BCUT2D eigenvalue weighted by molar-refractivity contribution is 0.0273. The molecule has 6 nitrogen and oxygen atoms in total. The average molecular weight is 295 g/mol. The fourth-order valence-electron chi connectivity index (χ4n) is 3.47. The van der Waals surface area contributed by atoms with Crippen molar-refractivity contribution in [2.24, 2.45) is 11.7 Å². The summed E-state index contributed by atoms with van der Waals surface area (Å²) in [6, 6.07) is 0.0303. The zero-order valence-electron chi connectivity index (χ0n) is 12.7. The first kappa shape index (κ1) is 14.9. The largest absolute Gasteiger partial charge is 0.381 e. The van der Waals surface area contributed by atoms with Crippen LogP contribution in [0.2, 0.25) is 0 Å². The van der Waals surface area contributed by atoms with Gasteiger partial charge in [0.2, 0.25) is 11.7 Å². The Balaban J connectivity index is 1.73. The molecule has 1 saturated heterocycles. The van der Waals surface area contributed by atoms with E-state index in [9.17, 15) is 0 Å². The molecule has 6 heteroatoms. The van der Waals surface area contributed by atoms with Gasteiger partial charge in [-0.05, 0) is 25.2 Å². The third kappa shape index (κ3) is 3.27. The molecule has 21 heavy (non-hydrogen) atoms. The third-order valence-corrected chi connectivity index (χ3v) is 4.77. The van der Waals surface area contributed by atoms with E-state index in [1.165, 1.54) is 32.1 Å². The summed E-state index contributed by atoms with van der Waals surface area (Å²) in [5.74, 6) is 1.75. The highest BCUT2D eigenvalue weighted by atomic mass is 16.5. The average Bonchev–Trinajstić information content (AvgIpc) is 2.99. The standard InChI is InChI=1S/C15H25N3O3/c1-19-13(10-5-3-2-4-6-10)14-17-15(21-18-14)11-9-20-8-7-12(11)16/h10-13H,2-9,16H2,1H3. The van der Waals surface area contributed by atoms with Crippen molar-refractivity contribution >= 4 is 0 Å². The van der Waals surface area contributed by atoms with Crippen LogP contribution in [0.15, 0.2) is 4.52 Å². The summed E-state index contributed by atoms with van der Waals surface area (Å²) in [6.45, 7) is 1.27. The molecule has 1 aliphatic heterocycles. The SMILES string of the molecule is COC(c1noc(C2COCCC2N)n1)C1CCCCC1. The van der Waals surface area contributed by atoms with Gasteiger partial charge < -0.3 is 19.7 Å². The van der Waals surface area contributed by atoms with Crippen molar-refractivity contribution in [1.82, 2.24) is 10.1 Å². The van der Waals surface area contributed by atoms with Gasteiger partial charge in [0.1, 0.15) is 6.10 Å². The summed E-state index contributed by atoms with van der Waals surface area (Å²) < 4.78 is 16.6. The van der Waals surface area contributed by atoms with Crippen molar-refractivity contribution in [2.45, 2.75) is 56.6 Å². The summed E-state index contributed by atoms with van der Waals surface area (Å²) in [5, 5.41) is 4.15. The molecule has 3 rings (SSSR count). The molecule has 118 valence electrons. The first-order chi connectivity index (χ1) is 10.3. The lowest BCUT2D eigenvalue weighted by Gasteiger charge is -2.27. The van der Waals surface area contributed by atoms with E-state index in [1.807, 2.05) is 0 Å². The molecule has 1 aromatic rings. The monoisotopic (exact) mass is 295 g/mol. The molecule has 0 amide bonds. The molecular formula is C15H25N3O3. The number of rotatable bonds is 4. The summed E-state index contributed by atoms with van der Waals surface area (Å²) >= 11 is 0. The highest BCUT2D eigenvalue weighted by Crippen LogP contribution is 2.36. The Hall–Kier alpha value is -0.980. The van der Waals surface area contributed by atoms with E-state index in [0.29, 0.717) is 30.8 Å². The molecule has 1 saturated carbocycles. The van der Waals surface area contributed by atoms with Gasteiger partial charge >= 0.3 is 0 Å². The number of nitrogens with two attached hydrogens (primary N) is 1. The van der Waals surface area contributed by atoms with Gasteiger partial charge in [0, 0.05) is 19.8 Å². The second-order valence-corrected chi connectivity index (χ2v) is 6.18. The van der Waals surface area contributed by atoms with Gasteiger partial charge in [0.15, 0.2) is 0 Å². The molecule has 3 atom stereocenters. The quantitative estimate of drug-likeness (QED) is 0.916. The minimum absolute atomic E-state index is 0.00358. The zero-order chi connectivity index (χ0) is 14.7. The Labute approximate surface area is 125 Å². The van der Waals surface area contributed by atoms with Crippen LogP contribution in [0, 0.1) is 5.92 Å². The molecule has 2 fully saturated rings. The van der Waals surface area contributed by atoms with Crippen molar-refractivity contribution in [3.8, 4) is 0 Å². The minimum Gasteiger partial charge on any atom is -0.381 e. The summed E-state index contributed by atoms with van der Waals surface area (Å²) in [6.07, 6.45) is 6.96. The summed E-state index contributed by atoms with van der Waals surface area (Å²) in [4.78, 5) is 4.57. The number of hydrogen-bond acceptors (Lipinski definition) is 6. The van der Waals surface area contributed by atoms with Gasteiger partial charge in [-0.15, -0.1) is 0 Å². The zero-order valence-corrected chi connectivity index (χ0v) is 12.7. The number of aromatic nitrogens is 2. The van der Waals surface area contributed by atoms with E-state index in [1.54, 1.807) is 7.11 Å². The highest BCUT2D eigenvalue weighted by Gasteiger charge is 2.33. The predicted octanol–water partition coefficient (Wildman–Crippen LogP) is 2.17. The molecule has 0 spiro atoms. The van der Waals surface area contributed by atoms with Gasteiger partial charge in [-0.3, -0.25) is 0 Å². The van der Waals surface area contributed by atoms with E-state index in [0.717, 1.165) is 6.42 Å². The molecule has 1 aliphatic carbocycles. The number of ether oxygens (including phenoxy) is 2. The van der Waals surface area contributed by atoms with Crippen molar-refractivity contribution in [2.75, 3.05) is 20.3 Å². The van der Waals surface area contributed by atoms with Crippen LogP contribution in [-0.2, 0) is 9.47 Å². The molecule has 3 unspecified atom stereocenters. The van der Waals surface area contributed by atoms with E-state index in [4.69, 9.17) is 19.7 Å². The molecular weight excluding hydrogens is 270 g/mol. The fraction of sp³-hybridized carbons (Fsp3) is 0.867. The van der Waals surface area contributed by atoms with Gasteiger partial charge in [-0.1, -0.05) is 24.4 Å². The summed E-state index contributed by atoms with van der Waals surface area (Å²) in [7, 11) is 1.73. The second kappa shape index (κ2) is 6.85. The number of nitrogens with zero attached hydrogens (tertiary/aromatic N) is 2. The van der Waals surface area contributed by atoms with Crippen LogP contribution in [0.3, 0.4) is 0 Å². The van der Waals surface area contributed by atoms with Gasteiger partial charge in [-0.2, -0.15) is 4.98 Å². The predicted molar refractivity (Wildman–Crippen MR) is 76.8 cm³/mol. The van der Waals surface area contributed by atoms with Crippen molar-refractivity contribution < 1.29 is 14.0 Å². The van der Waals surface area contributed by atoms with Crippen LogP contribution in [0.25, 0.3) is 0 Å². The number of methoxy groups -OCH3 is 1. The molecule has 2 heterocycles. The molecule has 0 radical (unpaired) electrons. The van der Waals surface area contributed by atoms with E-state index >= 15 is 0 Å². The van der Waals surface area contributed by atoms with Crippen LogP contribution >= 0.6 is 0 Å². The molecule has 0 aromatic carbocycles. The first-order valence-electron chi connectivity index (χ1n) is 7.99.